The van der Waals surface area contributed by atoms with E-state index < -0.39 is 47.0 Å². The fourth-order valence-corrected chi connectivity index (χ4v) is 8.19. The molecule has 0 unspecified atom stereocenters. The zero-order valence-corrected chi connectivity index (χ0v) is 32.0. The third-order valence-corrected chi connectivity index (χ3v) is 11.0. The molecule has 0 fully saturated rings. The molecule has 0 bridgehead atoms. The predicted octanol–water partition coefficient (Wildman–Crippen LogP) is 15.0. The largest absolute Gasteiger partial charge is 0.416 e. The van der Waals surface area contributed by atoms with Gasteiger partial charge in [-0.2, -0.15) is 63.2 Å². The maximum Gasteiger partial charge on any atom is 0.416 e. The Labute approximate surface area is 352 Å². The summed E-state index contributed by atoms with van der Waals surface area (Å²) in [6.45, 7) is 0. The molecule has 2 aromatic heterocycles. The van der Waals surface area contributed by atoms with E-state index in [1.807, 2.05) is 12.1 Å². The number of benzene rings is 7. The molecule has 2 heterocycles. The third kappa shape index (κ3) is 7.01. The number of nitriles is 2. The van der Waals surface area contributed by atoms with Crippen LogP contribution in [-0.2, 0) is 24.7 Å². The molecule has 0 aliphatic heterocycles. The van der Waals surface area contributed by atoms with E-state index in [-0.39, 0.29) is 77.2 Å². The molecule has 0 atom stereocenters. The van der Waals surface area contributed by atoms with Crippen LogP contribution in [0.4, 0.5) is 52.7 Å². The van der Waals surface area contributed by atoms with Crippen LogP contribution >= 0.6 is 0 Å². The number of hydrogen-bond donors (Lipinski definition) is 0. The van der Waals surface area contributed by atoms with Crippen molar-refractivity contribution in [1.29, 1.82) is 10.5 Å². The van der Waals surface area contributed by atoms with E-state index in [1.54, 1.807) is 30.3 Å². The lowest BCUT2D eigenvalue weighted by Gasteiger charge is -2.22. The van der Waals surface area contributed by atoms with Crippen LogP contribution in [0.3, 0.4) is 0 Å². The first-order chi connectivity index (χ1) is 30.1. The van der Waals surface area contributed by atoms with Crippen LogP contribution < -0.4 is 0 Å². The van der Waals surface area contributed by atoms with Gasteiger partial charge in [-0.05, 0) is 120 Å². The fraction of sp³-hybridized carbons (Fsp3) is 0.0833. The van der Waals surface area contributed by atoms with Crippen molar-refractivity contribution in [3.05, 3.63) is 167 Å². The highest BCUT2D eigenvalue weighted by Crippen LogP contribution is 2.47. The molecule has 0 saturated heterocycles. The average Bonchev–Trinajstić information content (AvgIpc) is 3.76. The predicted molar refractivity (Wildman–Crippen MR) is 215 cm³/mol. The van der Waals surface area contributed by atoms with Crippen molar-refractivity contribution < 1.29 is 52.7 Å². The Kier molecular flexibility index (Phi) is 9.38. The van der Waals surface area contributed by atoms with E-state index in [4.69, 9.17) is 0 Å². The maximum absolute atomic E-state index is 14.2. The van der Waals surface area contributed by atoms with E-state index in [0.717, 1.165) is 72.8 Å². The fourth-order valence-electron chi connectivity index (χ4n) is 8.19. The molecule has 9 rings (SSSR count). The van der Waals surface area contributed by atoms with E-state index in [9.17, 15) is 63.2 Å². The lowest BCUT2D eigenvalue weighted by Crippen LogP contribution is -2.06. The Balaban J connectivity index is 1.50. The second-order valence-corrected chi connectivity index (χ2v) is 14.9. The molecular formula is C48H22F12N4. The molecule has 16 heteroatoms. The topological polar surface area (TPSA) is 57.4 Å². The standard InChI is InChI=1S/C48H22F12N4/c49-45(50,51)29-7-11-39-35(17-29)36-18-30(46(52,53)54)8-12-40(36)63(39)43-22-44(34(28-6-2-4-26(16-28)24-62)21-33(43)27-5-1-3-25(15-27)23-61)64-41-13-9-31(47(55,56)57)19-37(41)38-20-32(48(58,59)60)10-14-42(38)64/h1-22H. The smallest absolute Gasteiger partial charge is 0.309 e. The van der Waals surface area contributed by atoms with E-state index in [0.29, 0.717) is 11.1 Å². The van der Waals surface area contributed by atoms with Gasteiger partial charge in [0.2, 0.25) is 0 Å². The highest BCUT2D eigenvalue weighted by atomic mass is 19.4. The number of aromatic nitrogens is 2. The van der Waals surface area contributed by atoms with Crippen molar-refractivity contribution in [2.75, 3.05) is 0 Å². The van der Waals surface area contributed by atoms with Gasteiger partial charge in [0.1, 0.15) is 0 Å². The zero-order valence-electron chi connectivity index (χ0n) is 32.0. The summed E-state index contributed by atoms with van der Waals surface area (Å²) in [4.78, 5) is 0. The Hall–Kier alpha value is -7.72. The normalized spacial score (nSPS) is 12.7. The van der Waals surface area contributed by atoms with Gasteiger partial charge in [-0.3, -0.25) is 0 Å². The lowest BCUT2D eigenvalue weighted by molar-refractivity contribution is -0.138. The van der Waals surface area contributed by atoms with Crippen LogP contribution in [0.15, 0.2) is 133 Å². The molecule has 0 radical (unpaired) electrons. The third-order valence-electron chi connectivity index (χ3n) is 11.0. The van der Waals surface area contributed by atoms with Gasteiger partial charge < -0.3 is 9.13 Å². The van der Waals surface area contributed by atoms with Gasteiger partial charge in [-0.1, -0.05) is 24.3 Å². The maximum atomic E-state index is 14.2. The number of rotatable bonds is 4. The molecule has 64 heavy (non-hydrogen) atoms. The summed E-state index contributed by atoms with van der Waals surface area (Å²) < 4.78 is 173. The van der Waals surface area contributed by atoms with Crippen LogP contribution in [0.2, 0.25) is 0 Å². The summed E-state index contributed by atoms with van der Waals surface area (Å²) in [6, 6.07) is 29.6. The number of hydrogen-bond acceptors (Lipinski definition) is 2. The lowest BCUT2D eigenvalue weighted by atomic mass is 9.93. The van der Waals surface area contributed by atoms with Gasteiger partial charge in [-0.15, -0.1) is 0 Å². The van der Waals surface area contributed by atoms with Crippen molar-refractivity contribution in [1.82, 2.24) is 9.13 Å². The summed E-state index contributed by atoms with van der Waals surface area (Å²) in [6.07, 6.45) is -19.6. The van der Waals surface area contributed by atoms with Crippen LogP contribution in [0.5, 0.6) is 0 Å². The number of alkyl halides is 12. The molecule has 0 aliphatic rings. The minimum atomic E-state index is -4.91. The monoisotopic (exact) mass is 882 g/mol. The summed E-state index contributed by atoms with van der Waals surface area (Å²) in [5.74, 6) is 0. The minimum Gasteiger partial charge on any atom is -0.309 e. The SMILES string of the molecule is N#Cc1cccc(-c2cc(-c3cccc(C#N)c3)c(-n3c4ccc(C(F)(F)F)cc4c4cc(C(F)(F)F)ccc43)cc2-n2c3ccc(C(F)(F)F)cc3c3cc(C(F)(F)F)ccc32)c1. The average molecular weight is 883 g/mol. The Morgan fingerprint density at radius 1 is 0.344 bits per heavy atom. The number of halogens is 12. The molecule has 318 valence electrons. The minimum absolute atomic E-state index is 0.00273. The molecule has 0 spiro atoms. The van der Waals surface area contributed by atoms with Crippen molar-refractivity contribution in [3.8, 4) is 45.8 Å². The Morgan fingerprint density at radius 3 is 0.906 bits per heavy atom. The molecule has 0 N–H and O–H groups in total. The van der Waals surface area contributed by atoms with Crippen LogP contribution in [-0.4, -0.2) is 9.13 Å². The molecule has 7 aromatic carbocycles. The first kappa shape index (κ1) is 41.6. The number of fused-ring (bicyclic) bond motifs is 6. The summed E-state index contributed by atoms with van der Waals surface area (Å²) in [5, 5.41) is 18.9. The van der Waals surface area contributed by atoms with Gasteiger partial charge in [-0.25, -0.2) is 0 Å². The summed E-state index contributed by atoms with van der Waals surface area (Å²) in [5.41, 5.74) is -3.00. The van der Waals surface area contributed by atoms with Crippen molar-refractivity contribution in [2.45, 2.75) is 24.7 Å². The van der Waals surface area contributed by atoms with Gasteiger partial charge >= 0.3 is 24.7 Å². The molecule has 4 nitrogen and oxygen atoms in total. The Bertz CT molecular complexity index is 3110. The van der Waals surface area contributed by atoms with Crippen LogP contribution in [0.25, 0.3) is 77.2 Å². The quantitative estimate of drug-likeness (QED) is 0.165. The number of nitrogens with zero attached hydrogens (tertiary/aromatic N) is 4. The van der Waals surface area contributed by atoms with E-state index >= 15 is 0 Å². The first-order valence-corrected chi connectivity index (χ1v) is 18.8. The molecular weight excluding hydrogens is 861 g/mol. The Morgan fingerprint density at radius 2 is 0.641 bits per heavy atom. The van der Waals surface area contributed by atoms with E-state index in [2.05, 4.69) is 0 Å². The highest BCUT2D eigenvalue weighted by molar-refractivity contribution is 6.12. The van der Waals surface area contributed by atoms with Gasteiger partial charge in [0.25, 0.3) is 0 Å². The van der Waals surface area contributed by atoms with Crippen molar-refractivity contribution >= 4 is 43.6 Å². The second kappa shape index (κ2) is 14.4. The van der Waals surface area contributed by atoms with Gasteiger partial charge in [0, 0.05) is 32.7 Å². The highest BCUT2D eigenvalue weighted by Gasteiger charge is 2.36. The summed E-state index contributed by atoms with van der Waals surface area (Å²) >= 11 is 0. The molecule has 0 saturated carbocycles. The summed E-state index contributed by atoms with van der Waals surface area (Å²) in [7, 11) is 0. The van der Waals surface area contributed by atoms with Gasteiger partial charge in [0.15, 0.2) is 0 Å². The van der Waals surface area contributed by atoms with Gasteiger partial charge in [0.05, 0.1) is 79.0 Å². The first-order valence-electron chi connectivity index (χ1n) is 18.8. The van der Waals surface area contributed by atoms with Crippen molar-refractivity contribution in [3.63, 3.8) is 0 Å². The molecule has 0 aliphatic carbocycles. The second-order valence-electron chi connectivity index (χ2n) is 14.9. The molecule has 9 aromatic rings. The van der Waals surface area contributed by atoms with Crippen LogP contribution in [0.1, 0.15) is 33.4 Å². The van der Waals surface area contributed by atoms with Crippen LogP contribution in [0, 0.1) is 22.7 Å². The van der Waals surface area contributed by atoms with Crippen molar-refractivity contribution in [2.24, 2.45) is 0 Å². The van der Waals surface area contributed by atoms with E-state index in [1.165, 1.54) is 39.5 Å². The zero-order chi connectivity index (χ0) is 45.7. The molecule has 0 amide bonds.